The van der Waals surface area contributed by atoms with Gasteiger partial charge in [-0.3, -0.25) is 0 Å². The van der Waals surface area contributed by atoms with Gasteiger partial charge >= 0.3 is 6.09 Å². The molecule has 0 heterocycles. The number of fused-ring (bicyclic) bond motifs is 1. The third kappa shape index (κ3) is 2.64. The van der Waals surface area contributed by atoms with Crippen molar-refractivity contribution in [2.24, 2.45) is 0 Å². The Hall–Kier alpha value is -1.55. The SMILES string of the molecule is CNC(=O)Oc1ccc2c(c1)CCCC2N(C)C. The molecule has 0 saturated heterocycles. The van der Waals surface area contributed by atoms with Crippen molar-refractivity contribution in [3.63, 3.8) is 0 Å². The molecule has 1 unspecified atom stereocenters. The van der Waals surface area contributed by atoms with E-state index >= 15 is 0 Å². The first-order valence-corrected chi connectivity index (χ1v) is 6.30. The maximum Gasteiger partial charge on any atom is 0.412 e. The highest BCUT2D eigenvalue weighted by atomic mass is 16.5. The third-order valence-electron chi connectivity index (χ3n) is 3.44. The number of nitrogens with zero attached hydrogens (tertiary/aromatic N) is 1. The summed E-state index contributed by atoms with van der Waals surface area (Å²) in [5, 5.41) is 2.45. The predicted octanol–water partition coefficient (Wildman–Crippen LogP) is 2.34. The molecule has 1 aromatic rings. The number of benzene rings is 1. The van der Waals surface area contributed by atoms with Gasteiger partial charge in [-0.15, -0.1) is 0 Å². The molecule has 0 radical (unpaired) electrons. The summed E-state index contributed by atoms with van der Waals surface area (Å²) in [5.74, 6) is 0.618. The fraction of sp³-hybridized carbons (Fsp3) is 0.500. The van der Waals surface area contributed by atoms with Crippen molar-refractivity contribution < 1.29 is 9.53 Å². The van der Waals surface area contributed by atoms with Gasteiger partial charge in [-0.05, 0) is 56.6 Å². The molecule has 0 aromatic heterocycles. The molecule has 1 aromatic carbocycles. The molecule has 1 amide bonds. The molecule has 1 atom stereocenters. The molecule has 18 heavy (non-hydrogen) atoms. The Bertz CT molecular complexity index is 443. The lowest BCUT2D eigenvalue weighted by Gasteiger charge is -2.30. The van der Waals surface area contributed by atoms with Gasteiger partial charge in [0.2, 0.25) is 0 Å². The number of rotatable bonds is 2. The second kappa shape index (κ2) is 5.40. The summed E-state index contributed by atoms with van der Waals surface area (Å²) in [6.07, 6.45) is 3.01. The van der Waals surface area contributed by atoms with Crippen molar-refractivity contribution in [2.75, 3.05) is 21.1 Å². The molecule has 0 spiro atoms. The van der Waals surface area contributed by atoms with Gasteiger partial charge in [0.1, 0.15) is 5.75 Å². The smallest absolute Gasteiger partial charge is 0.410 e. The molecule has 2 rings (SSSR count). The second-order valence-corrected chi connectivity index (χ2v) is 4.87. The van der Waals surface area contributed by atoms with Crippen LogP contribution in [0.5, 0.6) is 5.75 Å². The first-order chi connectivity index (χ1) is 8.61. The van der Waals surface area contributed by atoms with E-state index in [4.69, 9.17) is 4.74 Å². The lowest BCUT2D eigenvalue weighted by molar-refractivity contribution is 0.202. The number of carbonyl (C=O) groups is 1. The van der Waals surface area contributed by atoms with Crippen LogP contribution in [-0.4, -0.2) is 32.1 Å². The van der Waals surface area contributed by atoms with E-state index in [9.17, 15) is 4.79 Å². The number of hydrogen-bond acceptors (Lipinski definition) is 3. The van der Waals surface area contributed by atoms with Crippen LogP contribution in [0.15, 0.2) is 18.2 Å². The van der Waals surface area contributed by atoms with Crippen LogP contribution in [0.4, 0.5) is 4.79 Å². The highest BCUT2D eigenvalue weighted by Gasteiger charge is 2.22. The number of carbonyl (C=O) groups excluding carboxylic acids is 1. The van der Waals surface area contributed by atoms with E-state index in [2.05, 4.69) is 30.4 Å². The zero-order chi connectivity index (χ0) is 13.1. The number of amides is 1. The Labute approximate surface area is 108 Å². The topological polar surface area (TPSA) is 41.6 Å². The summed E-state index contributed by atoms with van der Waals surface area (Å²) in [7, 11) is 5.77. The average Bonchev–Trinajstić information content (AvgIpc) is 2.37. The average molecular weight is 248 g/mol. The molecule has 0 fully saturated rings. The maximum absolute atomic E-state index is 11.2. The minimum atomic E-state index is -0.421. The molecular weight excluding hydrogens is 228 g/mol. The van der Waals surface area contributed by atoms with Crippen LogP contribution >= 0.6 is 0 Å². The van der Waals surface area contributed by atoms with Crippen LogP contribution in [-0.2, 0) is 6.42 Å². The molecule has 1 N–H and O–H groups in total. The van der Waals surface area contributed by atoms with Gasteiger partial charge in [-0.25, -0.2) is 4.79 Å². The van der Waals surface area contributed by atoms with E-state index in [1.54, 1.807) is 7.05 Å². The van der Waals surface area contributed by atoms with E-state index in [-0.39, 0.29) is 0 Å². The van der Waals surface area contributed by atoms with Gasteiger partial charge in [-0.2, -0.15) is 0 Å². The maximum atomic E-state index is 11.2. The Morgan fingerprint density at radius 2 is 2.22 bits per heavy atom. The molecule has 4 nitrogen and oxygen atoms in total. The fourth-order valence-corrected chi connectivity index (χ4v) is 2.52. The van der Waals surface area contributed by atoms with Crippen LogP contribution in [0.3, 0.4) is 0 Å². The van der Waals surface area contributed by atoms with E-state index in [0.29, 0.717) is 11.8 Å². The summed E-state index contributed by atoms with van der Waals surface area (Å²) in [6.45, 7) is 0. The summed E-state index contributed by atoms with van der Waals surface area (Å²) < 4.78 is 5.16. The van der Waals surface area contributed by atoms with Crippen molar-refractivity contribution in [3.8, 4) is 5.75 Å². The van der Waals surface area contributed by atoms with Crippen LogP contribution in [0, 0.1) is 0 Å². The number of ether oxygens (including phenoxy) is 1. The minimum absolute atomic E-state index is 0.421. The van der Waals surface area contributed by atoms with Crippen LogP contribution in [0.1, 0.15) is 30.0 Å². The van der Waals surface area contributed by atoms with Gasteiger partial charge in [0.05, 0.1) is 0 Å². The quantitative estimate of drug-likeness (QED) is 0.873. The number of hydrogen-bond donors (Lipinski definition) is 1. The summed E-state index contributed by atoms with van der Waals surface area (Å²) in [4.78, 5) is 13.4. The Balaban J connectivity index is 2.24. The van der Waals surface area contributed by atoms with E-state index in [1.807, 2.05) is 12.1 Å². The van der Waals surface area contributed by atoms with Gasteiger partial charge in [0.25, 0.3) is 0 Å². The van der Waals surface area contributed by atoms with Crippen molar-refractivity contribution in [2.45, 2.75) is 25.3 Å². The van der Waals surface area contributed by atoms with Crippen LogP contribution in [0.25, 0.3) is 0 Å². The van der Waals surface area contributed by atoms with Gasteiger partial charge in [-0.1, -0.05) is 6.07 Å². The van der Waals surface area contributed by atoms with E-state index in [1.165, 1.54) is 24.0 Å². The standard InChI is InChI=1S/C14H20N2O2/c1-15-14(17)18-11-7-8-12-10(9-11)5-4-6-13(12)16(2)3/h7-9,13H,4-6H2,1-3H3,(H,15,17). The lowest BCUT2D eigenvalue weighted by Crippen LogP contribution is -2.25. The van der Waals surface area contributed by atoms with Crippen LogP contribution in [0.2, 0.25) is 0 Å². The highest BCUT2D eigenvalue weighted by Crippen LogP contribution is 2.34. The summed E-state index contributed by atoms with van der Waals surface area (Å²) in [6, 6.07) is 6.41. The van der Waals surface area contributed by atoms with Crippen molar-refractivity contribution >= 4 is 6.09 Å². The minimum Gasteiger partial charge on any atom is -0.410 e. The highest BCUT2D eigenvalue weighted by molar-refractivity contribution is 5.70. The second-order valence-electron chi connectivity index (χ2n) is 4.87. The normalized spacial score (nSPS) is 18.3. The van der Waals surface area contributed by atoms with Crippen molar-refractivity contribution in [1.29, 1.82) is 0 Å². The molecular formula is C14H20N2O2. The summed E-state index contributed by atoms with van der Waals surface area (Å²) >= 11 is 0. The number of nitrogens with one attached hydrogen (secondary N) is 1. The summed E-state index contributed by atoms with van der Waals surface area (Å²) in [5.41, 5.74) is 2.65. The lowest BCUT2D eigenvalue weighted by atomic mass is 9.87. The third-order valence-corrected chi connectivity index (χ3v) is 3.44. The molecule has 0 bridgehead atoms. The van der Waals surface area contributed by atoms with E-state index < -0.39 is 6.09 Å². The Kier molecular flexibility index (Phi) is 3.87. The van der Waals surface area contributed by atoms with Crippen molar-refractivity contribution in [1.82, 2.24) is 10.2 Å². The van der Waals surface area contributed by atoms with Crippen LogP contribution < -0.4 is 10.1 Å². The molecule has 1 aliphatic carbocycles. The van der Waals surface area contributed by atoms with Crippen molar-refractivity contribution in [3.05, 3.63) is 29.3 Å². The largest absolute Gasteiger partial charge is 0.412 e. The molecule has 1 aliphatic rings. The Morgan fingerprint density at radius 1 is 1.44 bits per heavy atom. The monoisotopic (exact) mass is 248 g/mol. The molecule has 0 aliphatic heterocycles. The molecule has 4 heteroatoms. The molecule has 0 saturated carbocycles. The molecule has 98 valence electrons. The predicted molar refractivity (Wildman–Crippen MR) is 70.9 cm³/mol. The number of aryl methyl sites for hydroxylation is 1. The fourth-order valence-electron chi connectivity index (χ4n) is 2.52. The zero-order valence-corrected chi connectivity index (χ0v) is 11.2. The zero-order valence-electron chi connectivity index (χ0n) is 11.2. The Morgan fingerprint density at radius 3 is 2.89 bits per heavy atom. The van der Waals surface area contributed by atoms with E-state index in [0.717, 1.165) is 6.42 Å². The van der Waals surface area contributed by atoms with Gasteiger partial charge < -0.3 is 15.0 Å². The van der Waals surface area contributed by atoms with Gasteiger partial charge in [0, 0.05) is 13.1 Å². The van der Waals surface area contributed by atoms with Gasteiger partial charge in [0.15, 0.2) is 0 Å². The first-order valence-electron chi connectivity index (χ1n) is 6.30. The first kappa shape index (κ1) is 12.9.